The summed E-state index contributed by atoms with van der Waals surface area (Å²) in [6.45, 7) is 1.43. The van der Waals surface area contributed by atoms with Crippen molar-refractivity contribution in [1.82, 2.24) is 9.55 Å². The van der Waals surface area contributed by atoms with Crippen molar-refractivity contribution in [3.63, 3.8) is 0 Å². The predicted molar refractivity (Wildman–Crippen MR) is 136 cm³/mol. The zero-order valence-corrected chi connectivity index (χ0v) is 20.5. The number of benzene rings is 3. The summed E-state index contributed by atoms with van der Waals surface area (Å²) in [5.41, 5.74) is 6.60. The number of halogens is 5. The molecule has 192 valence electrons. The van der Waals surface area contributed by atoms with Crippen LogP contribution in [0.5, 0.6) is 0 Å². The van der Waals surface area contributed by atoms with Gasteiger partial charge in [-0.1, -0.05) is 18.2 Å². The first-order valence-electron chi connectivity index (χ1n) is 10.9. The van der Waals surface area contributed by atoms with Crippen LogP contribution in [0.3, 0.4) is 0 Å². The number of thioether (sulfide) groups is 1. The lowest BCUT2D eigenvalue weighted by Crippen LogP contribution is -2.31. The maximum absolute atomic E-state index is 14.7. The molecule has 4 N–H and O–H groups in total. The molecule has 0 aliphatic heterocycles. The van der Waals surface area contributed by atoms with E-state index >= 15 is 0 Å². The fraction of sp³-hybridized carbons (Fsp3) is 0.115. The SMILES string of the molecule is CSc1cccc(-c2ccc(-n3cc(C(F)(F)F)nc3C)c(N(N)/C(=C\N)c3ccc(F)cc3F)c2)c1. The van der Waals surface area contributed by atoms with Crippen LogP contribution < -0.4 is 16.6 Å². The van der Waals surface area contributed by atoms with E-state index in [0.717, 1.165) is 33.9 Å². The number of nitrogens with zero attached hydrogens (tertiary/aromatic N) is 3. The Balaban J connectivity index is 1.92. The first-order valence-corrected chi connectivity index (χ1v) is 12.1. The zero-order chi connectivity index (χ0) is 26.9. The molecule has 0 aliphatic carbocycles. The molecular formula is C26H22F5N5S. The van der Waals surface area contributed by atoms with Crippen LogP contribution in [0, 0.1) is 18.6 Å². The molecule has 0 spiro atoms. The quantitative estimate of drug-likeness (QED) is 0.129. The molecule has 1 heterocycles. The minimum atomic E-state index is -4.66. The molecule has 1 aromatic heterocycles. The van der Waals surface area contributed by atoms with Gasteiger partial charge in [0.2, 0.25) is 0 Å². The minimum Gasteiger partial charge on any atom is -0.403 e. The lowest BCUT2D eigenvalue weighted by Gasteiger charge is -2.26. The maximum atomic E-state index is 14.7. The molecule has 0 amide bonds. The molecule has 0 saturated heterocycles. The molecule has 0 unspecified atom stereocenters. The van der Waals surface area contributed by atoms with Crippen molar-refractivity contribution in [3.8, 4) is 16.8 Å². The highest BCUT2D eigenvalue weighted by Gasteiger charge is 2.35. The number of aromatic nitrogens is 2. The largest absolute Gasteiger partial charge is 0.434 e. The Bertz CT molecular complexity index is 1480. The molecule has 3 aromatic carbocycles. The normalized spacial score (nSPS) is 12.2. The average Bonchev–Trinajstić information content (AvgIpc) is 3.27. The Kier molecular flexibility index (Phi) is 7.28. The second kappa shape index (κ2) is 10.3. The van der Waals surface area contributed by atoms with E-state index in [0.29, 0.717) is 11.6 Å². The highest BCUT2D eigenvalue weighted by molar-refractivity contribution is 7.98. The number of rotatable bonds is 6. The lowest BCUT2D eigenvalue weighted by atomic mass is 10.0. The molecular weight excluding hydrogens is 509 g/mol. The maximum Gasteiger partial charge on any atom is 0.434 e. The van der Waals surface area contributed by atoms with Gasteiger partial charge in [-0.15, -0.1) is 11.8 Å². The highest BCUT2D eigenvalue weighted by atomic mass is 32.2. The molecule has 0 aliphatic rings. The fourth-order valence-electron chi connectivity index (χ4n) is 3.88. The summed E-state index contributed by atoms with van der Waals surface area (Å²) in [7, 11) is 0. The van der Waals surface area contributed by atoms with Gasteiger partial charge in [0.05, 0.1) is 17.1 Å². The van der Waals surface area contributed by atoms with E-state index in [1.54, 1.807) is 30.0 Å². The summed E-state index contributed by atoms with van der Waals surface area (Å²) in [6, 6.07) is 15.6. The third kappa shape index (κ3) is 5.32. The van der Waals surface area contributed by atoms with Gasteiger partial charge in [0, 0.05) is 28.9 Å². The summed E-state index contributed by atoms with van der Waals surface area (Å²) in [5, 5.41) is 1.06. The van der Waals surface area contributed by atoms with Crippen molar-refractivity contribution in [1.29, 1.82) is 0 Å². The van der Waals surface area contributed by atoms with Gasteiger partial charge >= 0.3 is 6.18 Å². The molecule has 0 atom stereocenters. The van der Waals surface area contributed by atoms with Gasteiger partial charge in [-0.25, -0.2) is 19.6 Å². The van der Waals surface area contributed by atoms with E-state index < -0.39 is 23.5 Å². The predicted octanol–water partition coefficient (Wildman–Crippen LogP) is 6.50. The number of hydrogen-bond donors (Lipinski definition) is 2. The number of nitrogens with two attached hydrogens (primary N) is 2. The van der Waals surface area contributed by atoms with Gasteiger partial charge in [-0.05, 0) is 60.7 Å². The number of alkyl halides is 3. The van der Waals surface area contributed by atoms with E-state index in [4.69, 9.17) is 11.6 Å². The average molecular weight is 532 g/mol. The van der Waals surface area contributed by atoms with Crippen LogP contribution in [0.2, 0.25) is 0 Å². The van der Waals surface area contributed by atoms with Crippen LogP contribution >= 0.6 is 11.8 Å². The first-order chi connectivity index (χ1) is 17.5. The third-order valence-corrected chi connectivity index (χ3v) is 6.42. The van der Waals surface area contributed by atoms with Crippen LogP contribution in [-0.2, 0) is 6.18 Å². The van der Waals surface area contributed by atoms with Gasteiger partial charge in [-0.2, -0.15) is 13.2 Å². The summed E-state index contributed by atoms with van der Waals surface area (Å²) in [5.74, 6) is 4.81. The van der Waals surface area contributed by atoms with Crippen molar-refractivity contribution in [2.75, 3.05) is 11.3 Å². The Morgan fingerprint density at radius 1 is 1.03 bits per heavy atom. The monoisotopic (exact) mass is 531 g/mol. The molecule has 0 fully saturated rings. The van der Waals surface area contributed by atoms with Crippen LogP contribution in [-0.4, -0.2) is 15.8 Å². The van der Waals surface area contributed by atoms with Crippen molar-refractivity contribution in [2.24, 2.45) is 11.6 Å². The Labute approximate surface area is 214 Å². The molecule has 0 bridgehead atoms. The molecule has 37 heavy (non-hydrogen) atoms. The zero-order valence-electron chi connectivity index (χ0n) is 19.7. The highest BCUT2D eigenvalue weighted by Crippen LogP contribution is 2.37. The summed E-state index contributed by atoms with van der Waals surface area (Å²) < 4.78 is 69.6. The fourth-order valence-corrected chi connectivity index (χ4v) is 4.34. The summed E-state index contributed by atoms with van der Waals surface area (Å²) in [4.78, 5) is 4.65. The topological polar surface area (TPSA) is 73.1 Å². The lowest BCUT2D eigenvalue weighted by molar-refractivity contribution is -0.141. The van der Waals surface area contributed by atoms with Gasteiger partial charge < -0.3 is 10.3 Å². The van der Waals surface area contributed by atoms with Gasteiger partial charge in [-0.3, -0.25) is 5.01 Å². The molecule has 4 aromatic rings. The van der Waals surface area contributed by atoms with E-state index in [2.05, 4.69) is 4.98 Å². The Morgan fingerprint density at radius 3 is 2.38 bits per heavy atom. The molecule has 5 nitrogen and oxygen atoms in total. The number of hydrazine groups is 1. The van der Waals surface area contributed by atoms with Crippen molar-refractivity contribution in [2.45, 2.75) is 18.0 Å². The van der Waals surface area contributed by atoms with E-state index in [1.807, 2.05) is 30.5 Å². The Morgan fingerprint density at radius 2 is 1.76 bits per heavy atom. The van der Waals surface area contributed by atoms with E-state index in [-0.39, 0.29) is 28.5 Å². The first kappa shape index (κ1) is 26.2. The number of imidazole rings is 1. The molecule has 11 heteroatoms. The minimum absolute atomic E-state index is 0.0254. The number of aryl methyl sites for hydroxylation is 1. The van der Waals surface area contributed by atoms with Crippen LogP contribution in [0.15, 0.2) is 78.0 Å². The van der Waals surface area contributed by atoms with Crippen molar-refractivity contribution in [3.05, 3.63) is 102 Å². The van der Waals surface area contributed by atoms with Gasteiger partial charge in [0.1, 0.15) is 17.5 Å². The molecule has 0 saturated carbocycles. The van der Waals surface area contributed by atoms with Gasteiger partial charge in [0.15, 0.2) is 5.69 Å². The van der Waals surface area contributed by atoms with Gasteiger partial charge in [0.25, 0.3) is 0 Å². The smallest absolute Gasteiger partial charge is 0.403 e. The van der Waals surface area contributed by atoms with Crippen LogP contribution in [0.25, 0.3) is 22.5 Å². The van der Waals surface area contributed by atoms with Crippen molar-refractivity contribution >= 4 is 23.1 Å². The van der Waals surface area contributed by atoms with Crippen molar-refractivity contribution < 1.29 is 22.0 Å². The molecule has 0 radical (unpaired) electrons. The standard InChI is InChI=1S/C26H22F5N5S/c1-15-34-25(26(29,30)31)14-35(15)22-9-6-17(16-4-3-5-19(10-16)37-2)11-23(22)36(33)24(13-32)20-8-7-18(27)12-21(20)28/h3-14H,32-33H2,1-2H3/b24-13-. The second-order valence-electron chi connectivity index (χ2n) is 8.02. The second-order valence-corrected chi connectivity index (χ2v) is 8.90. The van der Waals surface area contributed by atoms with E-state index in [9.17, 15) is 22.0 Å². The van der Waals surface area contributed by atoms with Crippen LogP contribution in [0.4, 0.5) is 27.6 Å². The summed E-state index contributed by atoms with van der Waals surface area (Å²) in [6.07, 6.45) is -0.815. The van der Waals surface area contributed by atoms with E-state index in [1.165, 1.54) is 17.6 Å². The number of anilines is 1. The number of hydrogen-bond acceptors (Lipinski definition) is 5. The van der Waals surface area contributed by atoms with Crippen LogP contribution in [0.1, 0.15) is 17.1 Å². The molecule has 4 rings (SSSR count). The summed E-state index contributed by atoms with van der Waals surface area (Å²) >= 11 is 1.55. The third-order valence-electron chi connectivity index (χ3n) is 5.69. The Hall–Kier alpha value is -3.83.